The monoisotopic (exact) mass is 441 g/mol. The first kappa shape index (κ1) is 20.9. The second-order valence-corrected chi connectivity index (χ2v) is 9.73. The maximum atomic E-state index is 11.1. The molecule has 2 aromatic carbocycles. The Bertz CT molecular complexity index is 1200. The van der Waals surface area contributed by atoms with Gasteiger partial charge in [0.2, 0.25) is 6.41 Å². The molecule has 3 heterocycles. The van der Waals surface area contributed by atoms with E-state index in [1.54, 1.807) is 16.2 Å². The molecule has 2 aliphatic rings. The van der Waals surface area contributed by atoms with Crippen LogP contribution in [0, 0.1) is 31.6 Å². The number of nitrogens with zero attached hydrogens (tertiary/aromatic N) is 2. The maximum Gasteiger partial charge on any atom is 0.210 e. The molecule has 1 amide bonds. The average Bonchev–Trinajstić information content (AvgIpc) is 3.38. The third-order valence-electron chi connectivity index (χ3n) is 6.57. The van der Waals surface area contributed by atoms with Gasteiger partial charge in [0, 0.05) is 21.9 Å². The van der Waals surface area contributed by atoms with Crippen molar-refractivity contribution in [2.24, 2.45) is 5.92 Å². The van der Waals surface area contributed by atoms with E-state index >= 15 is 0 Å². The van der Waals surface area contributed by atoms with Crippen molar-refractivity contribution in [3.8, 4) is 33.5 Å². The van der Waals surface area contributed by atoms with E-state index in [-0.39, 0.29) is 0 Å². The van der Waals surface area contributed by atoms with E-state index in [4.69, 9.17) is 4.98 Å². The predicted octanol–water partition coefficient (Wildman–Crippen LogP) is 4.92. The van der Waals surface area contributed by atoms with Crippen LogP contribution in [0.5, 0.6) is 0 Å². The Kier molecular flexibility index (Phi) is 5.82. The standard InChI is InChI=1S/C27H27N3OS/c1-18-21(10-9-20-11-13-28-14-12-20)5-3-6-22(18)23-7-4-8-24(19(23)2)27-29-25-15-30(17-31)16-26(25)32-27/h3-8,17,20,28H,11-16H2,1-2H3. The number of carbonyl (C=O) groups is 1. The van der Waals surface area contributed by atoms with Crippen LogP contribution in [-0.2, 0) is 17.9 Å². The van der Waals surface area contributed by atoms with Gasteiger partial charge in [-0.05, 0) is 68.1 Å². The average molecular weight is 442 g/mol. The third kappa shape index (κ3) is 3.97. The second kappa shape index (κ2) is 8.90. The molecule has 162 valence electrons. The van der Waals surface area contributed by atoms with E-state index in [2.05, 4.69) is 67.4 Å². The fourth-order valence-electron chi connectivity index (χ4n) is 4.62. The SMILES string of the molecule is Cc1c(C#CC2CCNCC2)cccc1-c1cccc(-c2nc3c(s2)CN(C=O)C3)c1C. The first-order valence-electron chi connectivity index (χ1n) is 11.2. The van der Waals surface area contributed by atoms with Crippen LogP contribution >= 0.6 is 11.3 Å². The molecule has 1 N–H and O–H groups in total. The molecule has 0 unspecified atom stereocenters. The number of hydrogen-bond donors (Lipinski definition) is 1. The minimum absolute atomic E-state index is 0.492. The molecule has 0 bridgehead atoms. The summed E-state index contributed by atoms with van der Waals surface area (Å²) in [6.07, 6.45) is 3.17. The van der Waals surface area contributed by atoms with Crippen LogP contribution in [0.15, 0.2) is 36.4 Å². The van der Waals surface area contributed by atoms with Gasteiger partial charge in [-0.2, -0.15) is 0 Å². The highest BCUT2D eigenvalue weighted by atomic mass is 32.1. The third-order valence-corrected chi connectivity index (χ3v) is 7.68. The number of nitrogens with one attached hydrogen (secondary N) is 1. The molecular formula is C27H27N3OS. The Hall–Kier alpha value is -2.94. The summed E-state index contributed by atoms with van der Waals surface area (Å²) in [7, 11) is 0. The van der Waals surface area contributed by atoms with Gasteiger partial charge in [0.1, 0.15) is 5.01 Å². The van der Waals surface area contributed by atoms with Gasteiger partial charge in [-0.25, -0.2) is 4.98 Å². The molecule has 5 rings (SSSR count). The maximum absolute atomic E-state index is 11.1. The van der Waals surface area contributed by atoms with Crippen LogP contribution in [-0.4, -0.2) is 29.4 Å². The molecule has 1 aromatic heterocycles. The Labute approximate surface area is 193 Å². The Balaban J connectivity index is 1.48. The van der Waals surface area contributed by atoms with E-state index in [0.717, 1.165) is 48.6 Å². The molecule has 2 aliphatic heterocycles. The number of hydrogen-bond acceptors (Lipinski definition) is 4. The van der Waals surface area contributed by atoms with E-state index in [9.17, 15) is 4.79 Å². The summed E-state index contributed by atoms with van der Waals surface area (Å²) in [5, 5.41) is 4.45. The molecule has 32 heavy (non-hydrogen) atoms. The number of aromatic nitrogens is 1. The van der Waals surface area contributed by atoms with Gasteiger partial charge in [-0.3, -0.25) is 4.79 Å². The lowest BCUT2D eigenvalue weighted by Crippen LogP contribution is -2.26. The van der Waals surface area contributed by atoms with E-state index < -0.39 is 0 Å². The van der Waals surface area contributed by atoms with Crippen LogP contribution < -0.4 is 5.32 Å². The zero-order valence-corrected chi connectivity index (χ0v) is 19.4. The van der Waals surface area contributed by atoms with Crippen molar-refractivity contribution in [2.45, 2.75) is 39.8 Å². The van der Waals surface area contributed by atoms with Crippen molar-refractivity contribution >= 4 is 17.7 Å². The Morgan fingerprint density at radius 1 is 1.03 bits per heavy atom. The molecule has 1 saturated heterocycles. The van der Waals surface area contributed by atoms with Gasteiger partial charge >= 0.3 is 0 Å². The Morgan fingerprint density at radius 3 is 2.50 bits per heavy atom. The molecule has 3 aromatic rings. The van der Waals surface area contributed by atoms with Crippen LogP contribution in [0.25, 0.3) is 21.7 Å². The summed E-state index contributed by atoms with van der Waals surface area (Å²) in [6, 6.07) is 12.9. The Morgan fingerprint density at radius 2 is 1.75 bits per heavy atom. The number of carbonyl (C=O) groups excluding carboxylic acids is 1. The lowest BCUT2D eigenvalue weighted by molar-refractivity contribution is -0.118. The molecule has 5 heteroatoms. The summed E-state index contributed by atoms with van der Waals surface area (Å²) in [6.45, 7) is 7.79. The molecule has 0 aliphatic carbocycles. The highest BCUT2D eigenvalue weighted by Gasteiger charge is 2.24. The topological polar surface area (TPSA) is 45.2 Å². The van der Waals surface area contributed by atoms with Crippen molar-refractivity contribution in [1.29, 1.82) is 0 Å². The lowest BCUT2D eigenvalue weighted by Gasteiger charge is -2.17. The molecule has 0 saturated carbocycles. The highest BCUT2D eigenvalue weighted by molar-refractivity contribution is 7.15. The molecule has 4 nitrogen and oxygen atoms in total. The van der Waals surface area contributed by atoms with Crippen LogP contribution in [0.1, 0.15) is 40.1 Å². The van der Waals surface area contributed by atoms with Crippen molar-refractivity contribution < 1.29 is 4.79 Å². The molecule has 0 atom stereocenters. The van der Waals surface area contributed by atoms with Crippen molar-refractivity contribution in [1.82, 2.24) is 15.2 Å². The summed E-state index contributed by atoms with van der Waals surface area (Å²) < 4.78 is 0. The number of fused-ring (bicyclic) bond motifs is 1. The zero-order valence-electron chi connectivity index (χ0n) is 18.6. The molecule has 1 fully saturated rings. The van der Waals surface area contributed by atoms with Gasteiger partial charge in [0.15, 0.2) is 0 Å². The van der Waals surface area contributed by atoms with Gasteiger partial charge in [-0.1, -0.05) is 42.2 Å². The van der Waals surface area contributed by atoms with E-state index in [1.807, 2.05) is 0 Å². The van der Waals surface area contributed by atoms with Crippen molar-refractivity contribution in [3.05, 3.63) is 63.7 Å². The summed E-state index contributed by atoms with van der Waals surface area (Å²) in [5.74, 6) is 7.48. The summed E-state index contributed by atoms with van der Waals surface area (Å²) in [4.78, 5) is 18.9. The minimum Gasteiger partial charge on any atom is -0.334 e. The van der Waals surface area contributed by atoms with Gasteiger partial charge in [-0.15, -0.1) is 11.3 Å². The summed E-state index contributed by atoms with van der Waals surface area (Å²) >= 11 is 1.70. The first-order chi connectivity index (χ1) is 15.6. The van der Waals surface area contributed by atoms with Crippen molar-refractivity contribution in [2.75, 3.05) is 13.1 Å². The van der Waals surface area contributed by atoms with Crippen LogP contribution in [0.2, 0.25) is 0 Å². The van der Waals surface area contributed by atoms with Crippen LogP contribution in [0.3, 0.4) is 0 Å². The fraction of sp³-hybridized carbons (Fsp3) is 0.333. The fourth-order valence-corrected chi connectivity index (χ4v) is 5.80. The minimum atomic E-state index is 0.492. The molecule has 0 spiro atoms. The van der Waals surface area contributed by atoms with Crippen molar-refractivity contribution in [3.63, 3.8) is 0 Å². The largest absolute Gasteiger partial charge is 0.334 e. The van der Waals surface area contributed by atoms with Gasteiger partial charge < -0.3 is 10.2 Å². The normalized spacial score (nSPS) is 15.9. The van der Waals surface area contributed by atoms with Gasteiger partial charge in [0.25, 0.3) is 0 Å². The molecule has 0 radical (unpaired) electrons. The van der Waals surface area contributed by atoms with Crippen LogP contribution in [0.4, 0.5) is 0 Å². The second-order valence-electron chi connectivity index (χ2n) is 8.65. The highest BCUT2D eigenvalue weighted by Crippen LogP contribution is 2.38. The zero-order chi connectivity index (χ0) is 22.1. The number of thiazole rings is 1. The smallest absolute Gasteiger partial charge is 0.210 e. The molecular weight excluding hydrogens is 414 g/mol. The number of amides is 1. The number of benzene rings is 2. The van der Waals surface area contributed by atoms with E-state index in [0.29, 0.717) is 19.0 Å². The summed E-state index contributed by atoms with van der Waals surface area (Å²) in [5.41, 5.74) is 8.26. The predicted molar refractivity (Wildman–Crippen MR) is 130 cm³/mol. The van der Waals surface area contributed by atoms with Gasteiger partial charge in [0.05, 0.1) is 18.8 Å². The quantitative estimate of drug-likeness (QED) is 0.464. The number of piperidine rings is 1. The number of rotatable bonds is 3. The lowest BCUT2D eigenvalue weighted by atomic mass is 9.91. The van der Waals surface area contributed by atoms with E-state index in [1.165, 1.54) is 32.7 Å². The first-order valence-corrected chi connectivity index (χ1v) is 12.1.